The molecule has 1 aromatic carbocycles. The zero-order valence-corrected chi connectivity index (χ0v) is 18.4. The normalized spacial score (nSPS) is 21.5. The first kappa shape index (κ1) is 24.6. The molecule has 2 atom stereocenters. The number of hydrogen-bond acceptors (Lipinski definition) is 5. The second-order valence-corrected chi connectivity index (χ2v) is 7.77. The second-order valence-electron chi connectivity index (χ2n) is 7.77. The van der Waals surface area contributed by atoms with Crippen LogP contribution in [0, 0.1) is 11.7 Å². The number of aromatic nitrogens is 1. The molecule has 2 fully saturated rings. The van der Waals surface area contributed by atoms with Gasteiger partial charge in [0.25, 0.3) is 0 Å². The van der Waals surface area contributed by atoms with Crippen LogP contribution >= 0.6 is 24.8 Å². The van der Waals surface area contributed by atoms with Crippen LogP contribution in [0.25, 0.3) is 11.3 Å². The van der Waals surface area contributed by atoms with Gasteiger partial charge in [-0.05, 0) is 56.8 Å². The van der Waals surface area contributed by atoms with E-state index in [0.29, 0.717) is 36.2 Å². The van der Waals surface area contributed by atoms with Gasteiger partial charge in [0.05, 0.1) is 18.8 Å². The van der Waals surface area contributed by atoms with Gasteiger partial charge in [0.15, 0.2) is 5.76 Å². The van der Waals surface area contributed by atoms with Crippen molar-refractivity contribution in [2.75, 3.05) is 26.2 Å². The van der Waals surface area contributed by atoms with Gasteiger partial charge < -0.3 is 15.1 Å². The lowest BCUT2D eigenvalue weighted by atomic mass is 9.98. The first-order valence-corrected chi connectivity index (χ1v) is 10.1. The van der Waals surface area contributed by atoms with Gasteiger partial charge in [-0.1, -0.05) is 12.1 Å². The van der Waals surface area contributed by atoms with Crippen molar-refractivity contribution < 1.29 is 13.6 Å². The van der Waals surface area contributed by atoms with Crippen molar-refractivity contribution in [3.05, 3.63) is 42.2 Å². The summed E-state index contributed by atoms with van der Waals surface area (Å²) in [5, 5.41) is 6.35. The number of carbonyl (C=O) groups excluding carboxylic acids is 1. The number of nitrogens with one attached hydrogen (secondary N) is 2. The Morgan fingerprint density at radius 1 is 1.30 bits per heavy atom. The fourth-order valence-corrected chi connectivity index (χ4v) is 4.09. The molecule has 2 aliphatic heterocycles. The summed E-state index contributed by atoms with van der Waals surface area (Å²) in [6.45, 7) is 4.18. The van der Waals surface area contributed by atoms with E-state index in [-0.39, 0.29) is 42.6 Å². The molecule has 2 unspecified atom stereocenters. The predicted octanol–water partition coefficient (Wildman–Crippen LogP) is 3.40. The lowest BCUT2D eigenvalue weighted by Crippen LogP contribution is -2.45. The van der Waals surface area contributed by atoms with Crippen molar-refractivity contribution in [3.63, 3.8) is 0 Å². The molecule has 2 aromatic rings. The Bertz CT molecular complexity index is 814. The Hall–Kier alpha value is -1.67. The molecule has 30 heavy (non-hydrogen) atoms. The standard InChI is InChI=1S/C21H27FN4O2.2ClH/c22-17-6-1-5-16(10-17)19-12-24-20(28-19)14-26-9-3-4-15(13-26)11-25-21(27)18-7-2-8-23-18;;/h1,5-6,10,12,15,18,23H,2-4,7-9,11,13-14H2,(H,25,27);2*1H. The maximum Gasteiger partial charge on any atom is 0.237 e. The van der Waals surface area contributed by atoms with Gasteiger partial charge in [-0.25, -0.2) is 9.37 Å². The highest BCUT2D eigenvalue weighted by Crippen LogP contribution is 2.23. The summed E-state index contributed by atoms with van der Waals surface area (Å²) in [4.78, 5) is 18.9. The number of likely N-dealkylation sites (tertiary alicyclic amines) is 1. The summed E-state index contributed by atoms with van der Waals surface area (Å²) in [6.07, 6.45) is 5.87. The summed E-state index contributed by atoms with van der Waals surface area (Å²) in [7, 11) is 0. The van der Waals surface area contributed by atoms with Gasteiger partial charge >= 0.3 is 0 Å². The fourth-order valence-electron chi connectivity index (χ4n) is 4.09. The molecule has 2 aliphatic rings. The third-order valence-electron chi connectivity index (χ3n) is 5.57. The van der Waals surface area contributed by atoms with Gasteiger partial charge in [0.2, 0.25) is 11.8 Å². The lowest BCUT2D eigenvalue weighted by Gasteiger charge is -2.32. The van der Waals surface area contributed by atoms with Crippen LogP contribution in [0.15, 0.2) is 34.9 Å². The summed E-state index contributed by atoms with van der Waals surface area (Å²) in [6, 6.07) is 6.32. The molecule has 0 spiro atoms. The van der Waals surface area contributed by atoms with Crippen molar-refractivity contribution in [3.8, 4) is 11.3 Å². The van der Waals surface area contributed by atoms with Crippen LogP contribution in [0.4, 0.5) is 4.39 Å². The van der Waals surface area contributed by atoms with E-state index in [4.69, 9.17) is 4.42 Å². The van der Waals surface area contributed by atoms with Gasteiger partial charge in [0.1, 0.15) is 5.82 Å². The van der Waals surface area contributed by atoms with E-state index in [9.17, 15) is 9.18 Å². The summed E-state index contributed by atoms with van der Waals surface area (Å²) >= 11 is 0. The number of hydrogen-bond donors (Lipinski definition) is 2. The maximum absolute atomic E-state index is 13.4. The molecule has 4 rings (SSSR count). The SMILES string of the molecule is Cl.Cl.O=C(NCC1CCCN(Cc2ncc(-c3cccc(F)c3)o2)C1)C1CCCN1. The molecule has 0 aliphatic carbocycles. The van der Waals surface area contributed by atoms with E-state index >= 15 is 0 Å². The number of halogens is 3. The minimum atomic E-state index is -0.288. The minimum absolute atomic E-state index is 0. The van der Waals surface area contributed by atoms with Crippen LogP contribution in [0.5, 0.6) is 0 Å². The molecule has 2 N–H and O–H groups in total. The first-order valence-electron chi connectivity index (χ1n) is 10.1. The molecule has 166 valence electrons. The lowest BCUT2D eigenvalue weighted by molar-refractivity contribution is -0.123. The number of amides is 1. The van der Waals surface area contributed by atoms with Gasteiger partial charge in [-0.2, -0.15) is 0 Å². The average Bonchev–Trinajstić information content (AvgIpc) is 3.39. The Morgan fingerprint density at radius 2 is 2.17 bits per heavy atom. The van der Waals surface area contributed by atoms with E-state index in [0.717, 1.165) is 45.3 Å². The molecular formula is C21H29Cl2FN4O2. The minimum Gasteiger partial charge on any atom is -0.439 e. The van der Waals surface area contributed by atoms with Gasteiger partial charge in [0, 0.05) is 18.7 Å². The Morgan fingerprint density at radius 3 is 2.93 bits per heavy atom. The molecule has 2 saturated heterocycles. The van der Waals surface area contributed by atoms with E-state index in [1.54, 1.807) is 12.3 Å². The number of carbonyl (C=O) groups is 1. The molecule has 1 aromatic heterocycles. The number of piperidine rings is 1. The van der Waals surface area contributed by atoms with Crippen molar-refractivity contribution >= 4 is 30.7 Å². The van der Waals surface area contributed by atoms with Crippen LogP contribution in [-0.4, -0.2) is 48.0 Å². The van der Waals surface area contributed by atoms with Crippen molar-refractivity contribution in [2.24, 2.45) is 5.92 Å². The third-order valence-corrected chi connectivity index (χ3v) is 5.57. The van der Waals surface area contributed by atoms with Crippen LogP contribution in [0.1, 0.15) is 31.6 Å². The monoisotopic (exact) mass is 458 g/mol. The van der Waals surface area contributed by atoms with Crippen LogP contribution in [0.2, 0.25) is 0 Å². The van der Waals surface area contributed by atoms with Crippen LogP contribution in [0.3, 0.4) is 0 Å². The molecule has 1 amide bonds. The van der Waals surface area contributed by atoms with Gasteiger partial charge in [-0.15, -0.1) is 24.8 Å². The Balaban J connectivity index is 0.00000160. The van der Waals surface area contributed by atoms with E-state index in [2.05, 4.69) is 20.5 Å². The maximum atomic E-state index is 13.4. The Kier molecular flexibility index (Phi) is 9.55. The summed E-state index contributed by atoms with van der Waals surface area (Å²) < 4.78 is 19.2. The highest BCUT2D eigenvalue weighted by Gasteiger charge is 2.25. The first-order chi connectivity index (χ1) is 13.7. The summed E-state index contributed by atoms with van der Waals surface area (Å²) in [5.74, 6) is 1.50. The second kappa shape index (κ2) is 11.6. The van der Waals surface area contributed by atoms with Crippen molar-refractivity contribution in [1.82, 2.24) is 20.5 Å². The summed E-state index contributed by atoms with van der Waals surface area (Å²) in [5.41, 5.74) is 0.693. The van der Waals surface area contributed by atoms with E-state index in [1.807, 2.05) is 6.07 Å². The average molecular weight is 459 g/mol. The Labute approximate surface area is 188 Å². The van der Waals surface area contributed by atoms with Crippen molar-refractivity contribution in [1.29, 1.82) is 0 Å². The molecular weight excluding hydrogens is 430 g/mol. The topological polar surface area (TPSA) is 70.4 Å². The quantitative estimate of drug-likeness (QED) is 0.693. The molecule has 0 saturated carbocycles. The number of oxazole rings is 1. The fraction of sp³-hybridized carbons (Fsp3) is 0.524. The largest absolute Gasteiger partial charge is 0.439 e. The van der Waals surface area contributed by atoms with Crippen molar-refractivity contribution in [2.45, 2.75) is 38.3 Å². The highest BCUT2D eigenvalue weighted by molar-refractivity contribution is 5.85. The molecule has 0 radical (unpaired) electrons. The molecule has 0 bridgehead atoms. The zero-order valence-electron chi connectivity index (χ0n) is 16.8. The number of nitrogens with zero attached hydrogens (tertiary/aromatic N) is 2. The zero-order chi connectivity index (χ0) is 19.3. The molecule has 3 heterocycles. The van der Waals surface area contributed by atoms with Crippen LogP contribution < -0.4 is 10.6 Å². The number of rotatable bonds is 6. The predicted molar refractivity (Wildman–Crippen MR) is 118 cm³/mol. The van der Waals surface area contributed by atoms with Crippen LogP contribution in [-0.2, 0) is 11.3 Å². The number of benzene rings is 1. The van der Waals surface area contributed by atoms with E-state index < -0.39 is 0 Å². The van der Waals surface area contributed by atoms with E-state index in [1.165, 1.54) is 12.1 Å². The molecule has 6 nitrogen and oxygen atoms in total. The highest BCUT2D eigenvalue weighted by atomic mass is 35.5. The third kappa shape index (κ3) is 6.41. The smallest absolute Gasteiger partial charge is 0.237 e. The van der Waals surface area contributed by atoms with Gasteiger partial charge in [-0.3, -0.25) is 9.69 Å². The molecule has 9 heteroatoms.